The van der Waals surface area contributed by atoms with Gasteiger partial charge in [-0.1, -0.05) is 12.1 Å². The second kappa shape index (κ2) is 3.69. The van der Waals surface area contributed by atoms with E-state index in [0.717, 1.165) is 31.4 Å². The summed E-state index contributed by atoms with van der Waals surface area (Å²) in [5, 5.41) is 8.43. The largest absolute Gasteiger partial charge is 0.327 e. The summed E-state index contributed by atoms with van der Waals surface area (Å²) < 4.78 is 2.05. The molecule has 0 radical (unpaired) electrons. The molecule has 14 heavy (non-hydrogen) atoms. The molecular formula is C10H18N4. The van der Waals surface area contributed by atoms with Crippen LogP contribution in [0.2, 0.25) is 0 Å². The number of hydrogen-bond acceptors (Lipinski definition) is 3. The lowest BCUT2D eigenvalue weighted by atomic mass is 9.96. The molecule has 0 fully saturated rings. The molecule has 0 aromatic carbocycles. The number of aromatic nitrogens is 3. The van der Waals surface area contributed by atoms with Crippen LogP contribution in [-0.4, -0.2) is 21.0 Å². The Hall–Kier alpha value is -0.900. The minimum absolute atomic E-state index is 0.295. The van der Waals surface area contributed by atoms with Crippen molar-refractivity contribution in [1.82, 2.24) is 15.0 Å². The van der Waals surface area contributed by atoms with Gasteiger partial charge in [0.2, 0.25) is 0 Å². The highest BCUT2D eigenvalue weighted by Gasteiger charge is 2.22. The summed E-state index contributed by atoms with van der Waals surface area (Å²) in [6, 6.07) is 0.736. The molecule has 2 N–H and O–H groups in total. The molecule has 1 heterocycles. The number of hydrogen-bond donors (Lipinski definition) is 1. The molecule has 0 saturated heterocycles. The van der Waals surface area contributed by atoms with E-state index in [-0.39, 0.29) is 0 Å². The third-order valence-electron chi connectivity index (χ3n) is 3.09. The van der Waals surface area contributed by atoms with Crippen molar-refractivity contribution in [3.05, 3.63) is 11.4 Å². The van der Waals surface area contributed by atoms with Crippen molar-refractivity contribution < 1.29 is 0 Å². The Labute approximate surface area is 84.5 Å². The van der Waals surface area contributed by atoms with Crippen molar-refractivity contribution in [2.45, 2.75) is 51.6 Å². The van der Waals surface area contributed by atoms with E-state index < -0.39 is 0 Å². The van der Waals surface area contributed by atoms with Crippen LogP contribution in [0.5, 0.6) is 0 Å². The first kappa shape index (κ1) is 9.65. The maximum atomic E-state index is 5.95. The molecule has 0 unspecified atom stereocenters. The van der Waals surface area contributed by atoms with Crippen molar-refractivity contribution in [2.24, 2.45) is 5.73 Å². The van der Waals surface area contributed by atoms with Crippen LogP contribution in [0.1, 0.15) is 44.1 Å². The van der Waals surface area contributed by atoms with Crippen LogP contribution in [0.3, 0.4) is 0 Å². The zero-order valence-corrected chi connectivity index (χ0v) is 8.90. The quantitative estimate of drug-likeness (QED) is 0.766. The van der Waals surface area contributed by atoms with E-state index in [1.807, 2.05) is 4.68 Å². The molecule has 0 amide bonds. The predicted octanol–water partition coefficient (Wildman–Crippen LogP) is 1.07. The van der Waals surface area contributed by atoms with Gasteiger partial charge in [-0.25, -0.2) is 4.68 Å². The van der Waals surface area contributed by atoms with E-state index in [4.69, 9.17) is 5.73 Å². The van der Waals surface area contributed by atoms with Crippen LogP contribution < -0.4 is 5.73 Å². The molecule has 1 aliphatic carbocycles. The average Bonchev–Trinajstić information content (AvgIpc) is 2.59. The summed E-state index contributed by atoms with van der Waals surface area (Å²) in [6.45, 7) is 4.34. The van der Waals surface area contributed by atoms with E-state index in [9.17, 15) is 0 Å². The summed E-state index contributed by atoms with van der Waals surface area (Å²) in [5.41, 5.74) is 8.37. The van der Waals surface area contributed by atoms with Gasteiger partial charge in [0, 0.05) is 12.5 Å². The van der Waals surface area contributed by atoms with Gasteiger partial charge in [-0.2, -0.15) is 0 Å². The molecule has 0 bridgehead atoms. The molecule has 0 saturated carbocycles. The normalized spacial score (nSPS) is 23.2. The molecule has 1 aromatic rings. The molecule has 78 valence electrons. The van der Waals surface area contributed by atoms with Crippen LogP contribution in [0.25, 0.3) is 0 Å². The highest BCUT2D eigenvalue weighted by atomic mass is 15.4. The molecular weight excluding hydrogens is 176 g/mol. The number of aryl methyl sites for hydroxylation is 1. The van der Waals surface area contributed by atoms with Crippen molar-refractivity contribution in [1.29, 1.82) is 0 Å². The number of rotatable bonds is 2. The van der Waals surface area contributed by atoms with E-state index in [1.54, 1.807) is 0 Å². The molecule has 0 aliphatic heterocycles. The van der Waals surface area contributed by atoms with Gasteiger partial charge >= 0.3 is 0 Å². The monoisotopic (exact) mass is 194 g/mol. The third-order valence-corrected chi connectivity index (χ3v) is 3.09. The van der Waals surface area contributed by atoms with E-state index >= 15 is 0 Å². The highest BCUT2D eigenvalue weighted by molar-refractivity contribution is 5.16. The van der Waals surface area contributed by atoms with Gasteiger partial charge in [-0.15, -0.1) is 5.10 Å². The van der Waals surface area contributed by atoms with Gasteiger partial charge in [-0.05, 0) is 26.2 Å². The second-order valence-electron chi connectivity index (χ2n) is 4.19. The Kier molecular flexibility index (Phi) is 2.54. The number of nitrogens with zero attached hydrogens (tertiary/aromatic N) is 3. The average molecular weight is 194 g/mol. The zero-order valence-electron chi connectivity index (χ0n) is 8.90. The lowest BCUT2D eigenvalue weighted by Crippen LogP contribution is -2.29. The smallest absolute Gasteiger partial charge is 0.0860 e. The van der Waals surface area contributed by atoms with Crippen LogP contribution in [0.15, 0.2) is 0 Å². The topological polar surface area (TPSA) is 56.7 Å². The number of fused-ring (bicyclic) bond motifs is 1. The molecule has 1 aromatic heterocycles. The van der Waals surface area contributed by atoms with Gasteiger partial charge in [0.05, 0.1) is 17.4 Å². The molecule has 2 rings (SSSR count). The first-order valence-corrected chi connectivity index (χ1v) is 5.41. The minimum atomic E-state index is 0.295. The Morgan fingerprint density at radius 3 is 3.14 bits per heavy atom. The highest BCUT2D eigenvalue weighted by Crippen LogP contribution is 2.21. The van der Waals surface area contributed by atoms with Gasteiger partial charge < -0.3 is 5.73 Å². The SMILES string of the molecule is CC[C@@H](C)n1nnc2c1C[C@@H](N)CC2. The maximum Gasteiger partial charge on any atom is 0.0860 e. The predicted molar refractivity (Wildman–Crippen MR) is 55.0 cm³/mol. The van der Waals surface area contributed by atoms with Crippen LogP contribution >= 0.6 is 0 Å². The third kappa shape index (κ3) is 1.54. The van der Waals surface area contributed by atoms with Crippen molar-refractivity contribution in [3.63, 3.8) is 0 Å². The number of nitrogens with two attached hydrogens (primary N) is 1. The van der Waals surface area contributed by atoms with Gasteiger partial charge in [0.25, 0.3) is 0 Å². The fraction of sp³-hybridized carbons (Fsp3) is 0.800. The molecule has 4 heteroatoms. The Bertz CT molecular complexity index is 318. The summed E-state index contributed by atoms with van der Waals surface area (Å²) in [6.07, 6.45) is 4.07. The summed E-state index contributed by atoms with van der Waals surface area (Å²) in [4.78, 5) is 0. The Morgan fingerprint density at radius 1 is 1.64 bits per heavy atom. The first-order valence-electron chi connectivity index (χ1n) is 5.41. The van der Waals surface area contributed by atoms with E-state index in [2.05, 4.69) is 24.2 Å². The van der Waals surface area contributed by atoms with Crippen molar-refractivity contribution in [2.75, 3.05) is 0 Å². The molecule has 1 aliphatic rings. The zero-order chi connectivity index (χ0) is 10.1. The fourth-order valence-electron chi connectivity index (χ4n) is 1.95. The standard InChI is InChI=1S/C10H18N4/c1-3-7(2)14-10-6-8(11)4-5-9(10)12-13-14/h7-8H,3-6,11H2,1-2H3/t7-,8+/m1/s1. The van der Waals surface area contributed by atoms with Crippen molar-refractivity contribution in [3.8, 4) is 0 Å². The van der Waals surface area contributed by atoms with Gasteiger partial charge in [-0.3, -0.25) is 0 Å². The second-order valence-corrected chi connectivity index (χ2v) is 4.19. The first-order chi connectivity index (χ1) is 6.72. The molecule has 0 spiro atoms. The van der Waals surface area contributed by atoms with E-state index in [0.29, 0.717) is 12.1 Å². The minimum Gasteiger partial charge on any atom is -0.327 e. The summed E-state index contributed by atoms with van der Waals surface area (Å²) in [7, 11) is 0. The Balaban J connectivity index is 2.30. The van der Waals surface area contributed by atoms with Crippen LogP contribution in [0.4, 0.5) is 0 Å². The Morgan fingerprint density at radius 2 is 2.43 bits per heavy atom. The van der Waals surface area contributed by atoms with Gasteiger partial charge in [0.1, 0.15) is 0 Å². The van der Waals surface area contributed by atoms with Crippen LogP contribution in [0, 0.1) is 0 Å². The lowest BCUT2D eigenvalue weighted by molar-refractivity contribution is 0.435. The van der Waals surface area contributed by atoms with Crippen LogP contribution in [-0.2, 0) is 12.8 Å². The molecule has 2 atom stereocenters. The van der Waals surface area contributed by atoms with Crippen molar-refractivity contribution >= 4 is 0 Å². The maximum absolute atomic E-state index is 5.95. The van der Waals surface area contributed by atoms with E-state index in [1.165, 1.54) is 5.69 Å². The lowest BCUT2D eigenvalue weighted by Gasteiger charge is -2.20. The summed E-state index contributed by atoms with van der Waals surface area (Å²) in [5.74, 6) is 0. The fourth-order valence-corrected chi connectivity index (χ4v) is 1.95. The molecule has 4 nitrogen and oxygen atoms in total. The van der Waals surface area contributed by atoms with Gasteiger partial charge in [0.15, 0.2) is 0 Å². The summed E-state index contributed by atoms with van der Waals surface area (Å²) >= 11 is 0.